The number of nitrogens with one attached hydrogen (secondary N) is 1. The standard InChI is InChI=1S/C21H18N4O3S/c1-2-28-15-9-7-14(8-10-15)17-13-29-21(23-17)24-19(26)12-25-18-6-4-3-5-16(18)22-11-20(25)27/h3-11,13H,2,12H2,1H3,(H,23,24,26). The lowest BCUT2D eigenvalue weighted by Gasteiger charge is -2.08. The molecule has 0 fully saturated rings. The number of nitrogens with zero attached hydrogens (tertiary/aromatic N) is 3. The van der Waals surface area contributed by atoms with Crippen LogP contribution in [0.5, 0.6) is 5.75 Å². The summed E-state index contributed by atoms with van der Waals surface area (Å²) in [6.07, 6.45) is 1.23. The van der Waals surface area contributed by atoms with Crippen LogP contribution in [-0.2, 0) is 11.3 Å². The minimum Gasteiger partial charge on any atom is -0.494 e. The first kappa shape index (κ1) is 18.8. The van der Waals surface area contributed by atoms with Gasteiger partial charge in [0.05, 0.1) is 29.5 Å². The van der Waals surface area contributed by atoms with Gasteiger partial charge in [-0.1, -0.05) is 12.1 Å². The molecule has 4 aromatic rings. The highest BCUT2D eigenvalue weighted by atomic mass is 32.1. The zero-order chi connectivity index (χ0) is 20.2. The average molecular weight is 406 g/mol. The van der Waals surface area contributed by atoms with Gasteiger partial charge in [0.1, 0.15) is 12.3 Å². The van der Waals surface area contributed by atoms with E-state index in [0.717, 1.165) is 17.0 Å². The third-order valence-electron chi connectivity index (χ3n) is 4.27. The summed E-state index contributed by atoms with van der Waals surface area (Å²) >= 11 is 1.33. The highest BCUT2D eigenvalue weighted by Gasteiger charge is 2.12. The normalized spacial score (nSPS) is 10.8. The lowest BCUT2D eigenvalue weighted by molar-refractivity contribution is -0.116. The zero-order valence-corrected chi connectivity index (χ0v) is 16.5. The number of fused-ring (bicyclic) bond motifs is 1. The van der Waals surface area contributed by atoms with Crippen molar-refractivity contribution in [1.29, 1.82) is 0 Å². The maximum Gasteiger partial charge on any atom is 0.269 e. The highest BCUT2D eigenvalue weighted by molar-refractivity contribution is 7.14. The molecule has 2 aromatic carbocycles. The van der Waals surface area contributed by atoms with Crippen molar-refractivity contribution in [3.63, 3.8) is 0 Å². The van der Waals surface area contributed by atoms with Crippen LogP contribution in [0.1, 0.15) is 6.92 Å². The molecule has 7 nitrogen and oxygen atoms in total. The Morgan fingerprint density at radius 1 is 1.17 bits per heavy atom. The van der Waals surface area contributed by atoms with Crippen LogP contribution in [0, 0.1) is 0 Å². The van der Waals surface area contributed by atoms with E-state index < -0.39 is 0 Å². The molecule has 0 aliphatic carbocycles. The van der Waals surface area contributed by atoms with Gasteiger partial charge >= 0.3 is 0 Å². The Bertz CT molecular complexity index is 1210. The van der Waals surface area contributed by atoms with Crippen LogP contribution in [0.4, 0.5) is 5.13 Å². The minimum atomic E-state index is -0.326. The van der Waals surface area contributed by atoms with Crippen LogP contribution in [0.2, 0.25) is 0 Å². The summed E-state index contributed by atoms with van der Waals surface area (Å²) in [6, 6.07) is 14.8. The Balaban J connectivity index is 1.49. The Morgan fingerprint density at radius 3 is 2.76 bits per heavy atom. The number of carbonyl (C=O) groups excluding carboxylic acids is 1. The van der Waals surface area contributed by atoms with E-state index in [1.807, 2.05) is 48.7 Å². The number of hydrogen-bond acceptors (Lipinski definition) is 6. The second kappa shape index (κ2) is 8.24. The molecule has 0 saturated heterocycles. The van der Waals surface area contributed by atoms with Gasteiger partial charge in [0.25, 0.3) is 5.56 Å². The van der Waals surface area contributed by atoms with Crippen LogP contribution in [0.3, 0.4) is 0 Å². The molecule has 146 valence electrons. The van der Waals surface area contributed by atoms with Crippen LogP contribution in [0.25, 0.3) is 22.3 Å². The maximum absolute atomic E-state index is 12.5. The Morgan fingerprint density at radius 2 is 1.97 bits per heavy atom. The van der Waals surface area contributed by atoms with E-state index in [1.165, 1.54) is 22.1 Å². The number of thiazole rings is 1. The first-order valence-electron chi connectivity index (χ1n) is 9.07. The largest absolute Gasteiger partial charge is 0.494 e. The van der Waals surface area contributed by atoms with E-state index in [9.17, 15) is 9.59 Å². The molecule has 2 aromatic heterocycles. The molecule has 0 bridgehead atoms. The summed E-state index contributed by atoms with van der Waals surface area (Å²) in [5.74, 6) is 0.478. The molecular weight excluding hydrogens is 388 g/mol. The Kier molecular flexibility index (Phi) is 5.35. The Hall–Kier alpha value is -3.52. The van der Waals surface area contributed by atoms with Crippen molar-refractivity contribution in [1.82, 2.24) is 14.5 Å². The zero-order valence-electron chi connectivity index (χ0n) is 15.7. The lowest BCUT2D eigenvalue weighted by atomic mass is 10.2. The topological polar surface area (TPSA) is 86.1 Å². The van der Waals surface area contributed by atoms with Crippen LogP contribution in [-0.4, -0.2) is 27.0 Å². The van der Waals surface area contributed by atoms with Crippen molar-refractivity contribution in [2.75, 3.05) is 11.9 Å². The Labute approximate surface area is 170 Å². The molecule has 0 aliphatic rings. The monoisotopic (exact) mass is 406 g/mol. The van der Waals surface area contributed by atoms with Gasteiger partial charge in [-0.2, -0.15) is 0 Å². The first-order chi connectivity index (χ1) is 14.1. The molecule has 0 radical (unpaired) electrons. The van der Waals surface area contributed by atoms with Crippen molar-refractivity contribution < 1.29 is 9.53 Å². The quantitative estimate of drug-likeness (QED) is 0.529. The number of ether oxygens (including phenoxy) is 1. The molecule has 1 N–H and O–H groups in total. The molecule has 0 atom stereocenters. The fourth-order valence-electron chi connectivity index (χ4n) is 2.93. The molecule has 0 unspecified atom stereocenters. The number of para-hydroxylation sites is 2. The SMILES string of the molecule is CCOc1ccc(-c2csc(NC(=O)Cn3c(=O)cnc4ccccc43)n2)cc1. The number of rotatable bonds is 6. The van der Waals surface area contributed by atoms with E-state index >= 15 is 0 Å². The van der Waals surface area contributed by atoms with Gasteiger partial charge in [0.15, 0.2) is 5.13 Å². The van der Waals surface area contributed by atoms with Gasteiger partial charge in [0.2, 0.25) is 5.91 Å². The van der Waals surface area contributed by atoms with Crippen molar-refractivity contribution in [3.05, 3.63) is 70.5 Å². The second-order valence-corrected chi connectivity index (χ2v) is 7.07. The molecule has 0 saturated carbocycles. The molecule has 4 rings (SSSR count). The van der Waals surface area contributed by atoms with Crippen molar-refractivity contribution in [2.24, 2.45) is 0 Å². The third kappa shape index (κ3) is 4.17. The summed E-state index contributed by atoms with van der Waals surface area (Å²) < 4.78 is 6.85. The number of aromatic nitrogens is 3. The fourth-order valence-corrected chi connectivity index (χ4v) is 3.67. The van der Waals surface area contributed by atoms with Crippen molar-refractivity contribution in [2.45, 2.75) is 13.5 Å². The van der Waals surface area contributed by atoms with Gasteiger partial charge in [-0.15, -0.1) is 11.3 Å². The first-order valence-corrected chi connectivity index (χ1v) is 9.95. The average Bonchev–Trinajstić information content (AvgIpc) is 3.19. The molecule has 1 amide bonds. The third-order valence-corrected chi connectivity index (χ3v) is 5.02. The molecule has 2 heterocycles. The number of anilines is 1. The van der Waals surface area contributed by atoms with Gasteiger partial charge in [-0.25, -0.2) is 9.97 Å². The summed E-state index contributed by atoms with van der Waals surface area (Å²) in [7, 11) is 0. The summed E-state index contributed by atoms with van der Waals surface area (Å²) in [5, 5.41) is 5.12. The van der Waals surface area contributed by atoms with E-state index in [0.29, 0.717) is 22.8 Å². The van der Waals surface area contributed by atoms with Crippen LogP contribution in [0.15, 0.2) is 64.9 Å². The lowest BCUT2D eigenvalue weighted by Crippen LogP contribution is -2.27. The molecule has 0 aliphatic heterocycles. The van der Waals surface area contributed by atoms with Gasteiger partial charge < -0.3 is 10.1 Å². The smallest absolute Gasteiger partial charge is 0.269 e. The van der Waals surface area contributed by atoms with Gasteiger partial charge in [-0.05, 0) is 43.3 Å². The van der Waals surface area contributed by atoms with E-state index in [1.54, 1.807) is 12.1 Å². The maximum atomic E-state index is 12.5. The minimum absolute atomic E-state index is 0.111. The van der Waals surface area contributed by atoms with E-state index in [2.05, 4.69) is 15.3 Å². The van der Waals surface area contributed by atoms with Gasteiger partial charge in [0, 0.05) is 10.9 Å². The molecular formula is C21H18N4O3S. The van der Waals surface area contributed by atoms with Crippen molar-refractivity contribution in [3.8, 4) is 17.0 Å². The molecule has 8 heteroatoms. The number of hydrogen-bond donors (Lipinski definition) is 1. The molecule has 0 spiro atoms. The predicted octanol–water partition coefficient (Wildman–Crippen LogP) is 3.56. The summed E-state index contributed by atoms with van der Waals surface area (Å²) in [5.41, 5.74) is 2.64. The number of carbonyl (C=O) groups is 1. The van der Waals surface area contributed by atoms with Crippen molar-refractivity contribution >= 4 is 33.4 Å². The van der Waals surface area contributed by atoms with Crippen LogP contribution < -0.4 is 15.6 Å². The van der Waals surface area contributed by atoms with E-state index in [-0.39, 0.29) is 18.0 Å². The van der Waals surface area contributed by atoms with Crippen LogP contribution >= 0.6 is 11.3 Å². The van der Waals surface area contributed by atoms with E-state index in [4.69, 9.17) is 4.74 Å². The summed E-state index contributed by atoms with van der Waals surface area (Å²) in [6.45, 7) is 2.44. The fraction of sp³-hybridized carbons (Fsp3) is 0.143. The number of benzene rings is 2. The van der Waals surface area contributed by atoms with Gasteiger partial charge in [-0.3, -0.25) is 14.2 Å². The second-order valence-electron chi connectivity index (χ2n) is 6.21. The number of amides is 1. The molecule has 29 heavy (non-hydrogen) atoms. The summed E-state index contributed by atoms with van der Waals surface area (Å²) in [4.78, 5) is 33.3. The predicted molar refractivity (Wildman–Crippen MR) is 113 cm³/mol. The highest BCUT2D eigenvalue weighted by Crippen LogP contribution is 2.26.